The SMILES string of the molecule is CC1(C)C[C@@H](O)[C@@]23CC[C@H](O)[C@@](C)(CC[C@@H]12)C3. The fourth-order valence-electron chi connectivity index (χ4n) is 5.56. The lowest BCUT2D eigenvalue weighted by atomic mass is 9.49. The highest BCUT2D eigenvalue weighted by atomic mass is 16.3. The van der Waals surface area contributed by atoms with E-state index in [1.54, 1.807) is 0 Å². The van der Waals surface area contributed by atoms with E-state index in [-0.39, 0.29) is 28.5 Å². The van der Waals surface area contributed by atoms with Gasteiger partial charge in [0.15, 0.2) is 0 Å². The van der Waals surface area contributed by atoms with E-state index in [1.807, 2.05) is 0 Å². The molecule has 0 heterocycles. The molecule has 3 aliphatic carbocycles. The first kappa shape index (κ1) is 12.0. The number of aliphatic hydroxyl groups is 2. The number of hydrogen-bond donors (Lipinski definition) is 2. The average molecular weight is 238 g/mol. The van der Waals surface area contributed by atoms with Crippen LogP contribution in [0, 0.1) is 22.2 Å². The van der Waals surface area contributed by atoms with E-state index < -0.39 is 0 Å². The highest BCUT2D eigenvalue weighted by molar-refractivity contribution is 5.14. The zero-order valence-corrected chi connectivity index (χ0v) is 11.4. The van der Waals surface area contributed by atoms with Crippen LogP contribution in [0.3, 0.4) is 0 Å². The molecule has 2 bridgehead atoms. The maximum absolute atomic E-state index is 10.6. The van der Waals surface area contributed by atoms with Crippen molar-refractivity contribution in [2.45, 2.75) is 71.5 Å². The molecule has 98 valence electrons. The molecule has 2 heteroatoms. The van der Waals surface area contributed by atoms with Gasteiger partial charge in [-0.05, 0) is 55.3 Å². The number of fused-ring (bicyclic) bond motifs is 1. The topological polar surface area (TPSA) is 40.5 Å². The molecule has 0 aromatic rings. The van der Waals surface area contributed by atoms with Gasteiger partial charge in [0, 0.05) is 5.41 Å². The smallest absolute Gasteiger partial charge is 0.0604 e. The van der Waals surface area contributed by atoms with Crippen LogP contribution in [0.1, 0.15) is 59.3 Å². The normalized spacial score (nSPS) is 56.6. The molecule has 0 saturated heterocycles. The van der Waals surface area contributed by atoms with E-state index >= 15 is 0 Å². The van der Waals surface area contributed by atoms with E-state index in [2.05, 4.69) is 20.8 Å². The monoisotopic (exact) mass is 238 g/mol. The summed E-state index contributed by atoms with van der Waals surface area (Å²) >= 11 is 0. The van der Waals surface area contributed by atoms with Gasteiger partial charge in [0.1, 0.15) is 0 Å². The Balaban J connectivity index is 2.00. The van der Waals surface area contributed by atoms with Crippen LogP contribution in [-0.2, 0) is 0 Å². The lowest BCUT2D eigenvalue weighted by Gasteiger charge is -2.57. The zero-order valence-electron chi connectivity index (χ0n) is 11.4. The number of rotatable bonds is 0. The molecular weight excluding hydrogens is 212 g/mol. The molecule has 3 rings (SSSR count). The van der Waals surface area contributed by atoms with Crippen LogP contribution in [0.2, 0.25) is 0 Å². The molecule has 3 saturated carbocycles. The second-order valence-electron chi connectivity index (χ2n) is 7.92. The molecule has 3 aliphatic rings. The van der Waals surface area contributed by atoms with Crippen LogP contribution in [-0.4, -0.2) is 22.4 Å². The Morgan fingerprint density at radius 1 is 0.941 bits per heavy atom. The van der Waals surface area contributed by atoms with Gasteiger partial charge < -0.3 is 10.2 Å². The third-order valence-electron chi connectivity index (χ3n) is 6.45. The van der Waals surface area contributed by atoms with Crippen LogP contribution in [0.4, 0.5) is 0 Å². The summed E-state index contributed by atoms with van der Waals surface area (Å²) in [6, 6.07) is 0. The quantitative estimate of drug-likeness (QED) is 0.681. The van der Waals surface area contributed by atoms with Gasteiger partial charge in [0.2, 0.25) is 0 Å². The summed E-state index contributed by atoms with van der Waals surface area (Å²) in [5.41, 5.74) is 0.467. The van der Waals surface area contributed by atoms with Crippen molar-refractivity contribution in [2.24, 2.45) is 22.2 Å². The van der Waals surface area contributed by atoms with E-state index in [0.717, 1.165) is 32.1 Å². The number of hydrogen-bond acceptors (Lipinski definition) is 2. The number of aliphatic hydroxyl groups excluding tert-OH is 2. The molecule has 0 aliphatic heterocycles. The Kier molecular flexibility index (Phi) is 2.30. The Morgan fingerprint density at radius 2 is 1.65 bits per heavy atom. The first-order valence-corrected chi connectivity index (χ1v) is 7.16. The standard InChI is InChI=1S/C15H26O2/c1-13(2)8-12(17)15-7-5-11(16)14(3,9-15)6-4-10(13)15/h10-12,16-17H,4-9H2,1-3H3/t10-,11-,12+,14-,15+/m0/s1. The highest BCUT2D eigenvalue weighted by Gasteiger charge is 2.64. The Bertz CT molecular complexity index is 338. The Labute approximate surface area is 104 Å². The maximum Gasteiger partial charge on any atom is 0.0604 e. The molecule has 0 aromatic heterocycles. The van der Waals surface area contributed by atoms with Crippen molar-refractivity contribution in [2.75, 3.05) is 0 Å². The minimum Gasteiger partial charge on any atom is -0.393 e. The molecule has 0 aromatic carbocycles. The third-order valence-corrected chi connectivity index (χ3v) is 6.45. The lowest BCUT2D eigenvalue weighted by molar-refractivity contribution is -0.144. The zero-order chi connectivity index (χ0) is 12.5. The largest absolute Gasteiger partial charge is 0.393 e. The summed E-state index contributed by atoms with van der Waals surface area (Å²) in [7, 11) is 0. The third kappa shape index (κ3) is 1.40. The van der Waals surface area contributed by atoms with Crippen molar-refractivity contribution in [3.8, 4) is 0 Å². The van der Waals surface area contributed by atoms with Crippen LogP contribution >= 0.6 is 0 Å². The summed E-state index contributed by atoms with van der Waals surface area (Å²) in [5, 5.41) is 20.8. The van der Waals surface area contributed by atoms with Gasteiger partial charge in [0.25, 0.3) is 0 Å². The van der Waals surface area contributed by atoms with Crippen molar-refractivity contribution in [1.29, 1.82) is 0 Å². The maximum atomic E-state index is 10.6. The summed E-state index contributed by atoms with van der Waals surface area (Å²) in [6.07, 6.45) is 5.94. The molecule has 3 fully saturated rings. The second-order valence-corrected chi connectivity index (χ2v) is 7.92. The Hall–Kier alpha value is -0.0800. The summed E-state index contributed by atoms with van der Waals surface area (Å²) in [6.45, 7) is 6.87. The molecule has 2 N–H and O–H groups in total. The molecule has 17 heavy (non-hydrogen) atoms. The molecule has 0 amide bonds. The van der Waals surface area contributed by atoms with Crippen molar-refractivity contribution >= 4 is 0 Å². The van der Waals surface area contributed by atoms with Crippen molar-refractivity contribution in [3.63, 3.8) is 0 Å². The minimum atomic E-state index is -0.148. The van der Waals surface area contributed by atoms with Gasteiger partial charge >= 0.3 is 0 Å². The van der Waals surface area contributed by atoms with Crippen LogP contribution in [0.15, 0.2) is 0 Å². The van der Waals surface area contributed by atoms with Crippen molar-refractivity contribution in [1.82, 2.24) is 0 Å². The molecule has 5 atom stereocenters. The van der Waals surface area contributed by atoms with Gasteiger partial charge in [-0.3, -0.25) is 0 Å². The van der Waals surface area contributed by atoms with Crippen LogP contribution in [0.5, 0.6) is 0 Å². The van der Waals surface area contributed by atoms with E-state index in [1.165, 1.54) is 6.42 Å². The minimum absolute atomic E-state index is 0.0656. The lowest BCUT2D eigenvalue weighted by Crippen LogP contribution is -2.54. The fourth-order valence-corrected chi connectivity index (χ4v) is 5.56. The average Bonchev–Trinajstić information content (AvgIpc) is 2.41. The molecule has 0 radical (unpaired) electrons. The van der Waals surface area contributed by atoms with Crippen molar-refractivity contribution in [3.05, 3.63) is 0 Å². The van der Waals surface area contributed by atoms with E-state index in [4.69, 9.17) is 0 Å². The van der Waals surface area contributed by atoms with E-state index in [0.29, 0.717) is 5.92 Å². The van der Waals surface area contributed by atoms with Gasteiger partial charge in [-0.15, -0.1) is 0 Å². The van der Waals surface area contributed by atoms with Gasteiger partial charge in [0.05, 0.1) is 12.2 Å². The first-order chi connectivity index (χ1) is 7.80. The van der Waals surface area contributed by atoms with Gasteiger partial charge in [-0.1, -0.05) is 20.8 Å². The van der Waals surface area contributed by atoms with Gasteiger partial charge in [-0.2, -0.15) is 0 Å². The fraction of sp³-hybridized carbons (Fsp3) is 1.00. The predicted molar refractivity (Wildman–Crippen MR) is 67.5 cm³/mol. The molecular formula is C15H26O2. The molecule has 1 spiro atoms. The van der Waals surface area contributed by atoms with Crippen LogP contribution in [0.25, 0.3) is 0 Å². The van der Waals surface area contributed by atoms with Crippen LogP contribution < -0.4 is 0 Å². The van der Waals surface area contributed by atoms with Crippen molar-refractivity contribution < 1.29 is 10.2 Å². The summed E-state index contributed by atoms with van der Waals surface area (Å²) in [5.74, 6) is 0.658. The first-order valence-electron chi connectivity index (χ1n) is 7.16. The summed E-state index contributed by atoms with van der Waals surface area (Å²) < 4.78 is 0. The molecule has 2 nitrogen and oxygen atoms in total. The second kappa shape index (κ2) is 3.27. The van der Waals surface area contributed by atoms with E-state index in [9.17, 15) is 10.2 Å². The Morgan fingerprint density at radius 3 is 2.35 bits per heavy atom. The summed E-state index contributed by atoms with van der Waals surface area (Å²) in [4.78, 5) is 0. The highest BCUT2D eigenvalue weighted by Crippen LogP contribution is 2.68. The predicted octanol–water partition coefficient (Wildman–Crippen LogP) is 2.72. The van der Waals surface area contributed by atoms with Gasteiger partial charge in [-0.25, -0.2) is 0 Å². The molecule has 0 unspecified atom stereocenters.